The Morgan fingerprint density at radius 2 is 1.96 bits per heavy atom. The van der Waals surface area contributed by atoms with Crippen molar-refractivity contribution in [3.63, 3.8) is 0 Å². The first-order valence-electron chi connectivity index (χ1n) is 10.1. The Labute approximate surface area is 185 Å². The van der Waals surface area contributed by atoms with E-state index in [1.807, 2.05) is 11.6 Å². The van der Waals surface area contributed by atoms with E-state index in [2.05, 4.69) is 32.6 Å². The Morgan fingerprint density at radius 3 is 2.68 bits per heavy atom. The normalized spacial score (nSPS) is 24.7. The average Bonchev–Trinajstić information content (AvgIpc) is 3.02. The fraction of sp³-hybridized carbons (Fsp3) is 0.789. The second kappa shape index (κ2) is 10.4. The number of aliphatic imine (C=N–C) groups is 1. The minimum absolute atomic E-state index is 0. The number of carbonyl (C=O) groups excluding carboxylic acids is 1. The van der Waals surface area contributed by atoms with Crippen LogP contribution < -0.4 is 10.6 Å². The highest BCUT2D eigenvalue weighted by atomic mass is 127. The van der Waals surface area contributed by atoms with Crippen LogP contribution in [0.1, 0.15) is 63.1 Å². The van der Waals surface area contributed by atoms with Gasteiger partial charge in [-0.2, -0.15) is 5.10 Å². The van der Waals surface area contributed by atoms with Gasteiger partial charge in [0.15, 0.2) is 5.96 Å². The maximum Gasteiger partial charge on any atom is 0.243 e. The summed E-state index contributed by atoms with van der Waals surface area (Å²) in [5.74, 6) is 3.07. The second-order valence-electron chi connectivity index (χ2n) is 8.05. The fourth-order valence-electron chi connectivity index (χ4n) is 3.90. The molecule has 0 spiro atoms. The van der Waals surface area contributed by atoms with E-state index in [0.29, 0.717) is 17.9 Å². The maximum absolute atomic E-state index is 12.0. The summed E-state index contributed by atoms with van der Waals surface area (Å²) in [6.45, 7) is 5.27. The molecule has 2 aliphatic rings. The van der Waals surface area contributed by atoms with E-state index >= 15 is 0 Å². The summed E-state index contributed by atoms with van der Waals surface area (Å²) >= 11 is 0. The van der Waals surface area contributed by atoms with Gasteiger partial charge < -0.3 is 15.5 Å². The van der Waals surface area contributed by atoms with Crippen molar-refractivity contribution in [1.29, 1.82) is 0 Å². The van der Waals surface area contributed by atoms with E-state index in [-0.39, 0.29) is 42.5 Å². The van der Waals surface area contributed by atoms with Gasteiger partial charge in [-0.1, -0.05) is 19.8 Å². The van der Waals surface area contributed by atoms with Crippen LogP contribution in [0.5, 0.6) is 0 Å². The number of guanidine groups is 1. The van der Waals surface area contributed by atoms with Crippen LogP contribution in [-0.4, -0.2) is 58.2 Å². The Kier molecular flexibility index (Phi) is 8.51. The Hall–Kier alpha value is -1.39. The van der Waals surface area contributed by atoms with Crippen LogP contribution >= 0.6 is 24.0 Å². The molecule has 1 fully saturated rings. The monoisotopic (exact) mass is 503 g/mol. The molecule has 3 atom stereocenters. The fourth-order valence-corrected chi connectivity index (χ4v) is 3.90. The first kappa shape index (κ1) is 22.9. The molecule has 1 aliphatic carbocycles. The zero-order chi connectivity index (χ0) is 19.4. The second-order valence-corrected chi connectivity index (χ2v) is 8.05. The van der Waals surface area contributed by atoms with Gasteiger partial charge in [-0.25, -0.2) is 14.7 Å². The van der Waals surface area contributed by atoms with E-state index in [4.69, 9.17) is 0 Å². The van der Waals surface area contributed by atoms with Gasteiger partial charge >= 0.3 is 0 Å². The van der Waals surface area contributed by atoms with E-state index < -0.39 is 0 Å². The van der Waals surface area contributed by atoms with Crippen molar-refractivity contribution in [2.75, 3.05) is 20.6 Å². The van der Waals surface area contributed by atoms with Crippen LogP contribution in [0.3, 0.4) is 0 Å². The summed E-state index contributed by atoms with van der Waals surface area (Å²) in [5.41, 5.74) is 0. The van der Waals surface area contributed by atoms with E-state index in [0.717, 1.165) is 37.5 Å². The third-order valence-electron chi connectivity index (χ3n) is 5.60. The lowest BCUT2D eigenvalue weighted by Crippen LogP contribution is -2.49. The van der Waals surface area contributed by atoms with Gasteiger partial charge in [0.1, 0.15) is 18.2 Å². The highest BCUT2D eigenvalue weighted by Crippen LogP contribution is 2.25. The van der Waals surface area contributed by atoms with Crippen LogP contribution in [0.25, 0.3) is 0 Å². The number of amides is 1. The SMILES string of the molecule is Cc1nc2n(n1)CCCC2NC(=NCC(=O)N(C)C)NC1CCCCC1C.I. The molecule has 9 heteroatoms. The molecule has 1 aliphatic heterocycles. The van der Waals surface area contributed by atoms with E-state index in [1.165, 1.54) is 19.3 Å². The van der Waals surface area contributed by atoms with Gasteiger partial charge in [-0.05, 0) is 38.5 Å². The molecule has 3 rings (SSSR count). The van der Waals surface area contributed by atoms with Crippen molar-refractivity contribution >= 4 is 35.8 Å². The minimum Gasteiger partial charge on any atom is -0.353 e. The first-order chi connectivity index (χ1) is 12.9. The molecule has 3 unspecified atom stereocenters. The van der Waals surface area contributed by atoms with Gasteiger partial charge in [-0.15, -0.1) is 24.0 Å². The Balaban J connectivity index is 0.00000280. The quantitative estimate of drug-likeness (QED) is 0.374. The van der Waals surface area contributed by atoms with Crippen molar-refractivity contribution in [3.05, 3.63) is 11.6 Å². The number of fused-ring (bicyclic) bond motifs is 1. The van der Waals surface area contributed by atoms with Crippen LogP contribution in [0.4, 0.5) is 0 Å². The number of halogens is 1. The predicted octanol–water partition coefficient (Wildman–Crippen LogP) is 2.24. The maximum atomic E-state index is 12.0. The van der Waals surface area contributed by atoms with Gasteiger partial charge in [0, 0.05) is 26.7 Å². The van der Waals surface area contributed by atoms with Crippen molar-refractivity contribution < 1.29 is 4.79 Å². The molecule has 8 nitrogen and oxygen atoms in total. The van der Waals surface area contributed by atoms with Crippen LogP contribution in [0.15, 0.2) is 4.99 Å². The zero-order valence-electron chi connectivity index (χ0n) is 17.4. The van der Waals surface area contributed by atoms with Crippen molar-refractivity contribution in [3.8, 4) is 0 Å². The van der Waals surface area contributed by atoms with Gasteiger partial charge in [0.25, 0.3) is 0 Å². The topological polar surface area (TPSA) is 87.4 Å². The number of aryl methyl sites for hydroxylation is 2. The number of hydrogen-bond donors (Lipinski definition) is 2. The Morgan fingerprint density at radius 1 is 1.21 bits per heavy atom. The molecule has 0 saturated heterocycles. The summed E-state index contributed by atoms with van der Waals surface area (Å²) in [6, 6.07) is 0.460. The summed E-state index contributed by atoms with van der Waals surface area (Å²) in [6.07, 6.45) is 6.95. The summed E-state index contributed by atoms with van der Waals surface area (Å²) in [4.78, 5) is 22.8. The number of aromatic nitrogens is 3. The highest BCUT2D eigenvalue weighted by molar-refractivity contribution is 14.0. The van der Waals surface area contributed by atoms with Crippen LogP contribution in [-0.2, 0) is 11.3 Å². The number of likely N-dealkylation sites (N-methyl/N-ethyl adjacent to an activating group) is 1. The molecule has 158 valence electrons. The van der Waals surface area contributed by atoms with Crippen molar-refractivity contribution in [1.82, 2.24) is 30.3 Å². The number of hydrogen-bond acceptors (Lipinski definition) is 4. The molecule has 2 heterocycles. The molecule has 2 N–H and O–H groups in total. The predicted molar refractivity (Wildman–Crippen MR) is 121 cm³/mol. The smallest absolute Gasteiger partial charge is 0.243 e. The van der Waals surface area contributed by atoms with Crippen molar-refractivity contribution in [2.24, 2.45) is 10.9 Å². The van der Waals surface area contributed by atoms with E-state index in [1.54, 1.807) is 19.0 Å². The lowest BCUT2D eigenvalue weighted by Gasteiger charge is -2.32. The summed E-state index contributed by atoms with van der Waals surface area (Å²) in [5, 5.41) is 11.6. The van der Waals surface area contributed by atoms with Crippen LogP contribution in [0.2, 0.25) is 0 Å². The third kappa shape index (κ3) is 5.81. The Bertz CT molecular complexity index is 688. The van der Waals surface area contributed by atoms with Gasteiger partial charge in [0.05, 0.1) is 6.04 Å². The summed E-state index contributed by atoms with van der Waals surface area (Å²) < 4.78 is 1.99. The standard InChI is InChI=1S/C19H33N7O.HI/c1-13-8-5-6-9-15(13)22-19(20-12-17(27)25(3)4)23-16-10-7-11-26-18(16)21-14(2)24-26;/h13,15-16H,5-12H2,1-4H3,(H2,20,22,23);1H. The molecule has 1 aromatic rings. The molecule has 1 amide bonds. The first-order valence-corrected chi connectivity index (χ1v) is 10.1. The number of carbonyl (C=O) groups is 1. The van der Waals surface area contributed by atoms with Crippen LogP contribution in [0, 0.1) is 12.8 Å². The molecule has 0 aromatic carbocycles. The minimum atomic E-state index is -0.00421. The molecule has 28 heavy (non-hydrogen) atoms. The average molecular weight is 503 g/mol. The molecule has 1 aromatic heterocycles. The van der Waals surface area contributed by atoms with E-state index in [9.17, 15) is 4.79 Å². The lowest BCUT2D eigenvalue weighted by atomic mass is 9.86. The van der Waals surface area contributed by atoms with Gasteiger partial charge in [-0.3, -0.25) is 4.79 Å². The largest absolute Gasteiger partial charge is 0.353 e. The highest BCUT2D eigenvalue weighted by Gasteiger charge is 2.27. The van der Waals surface area contributed by atoms with Crippen molar-refractivity contribution in [2.45, 2.75) is 71.0 Å². The number of rotatable bonds is 4. The summed E-state index contributed by atoms with van der Waals surface area (Å²) in [7, 11) is 3.52. The molecular formula is C19H34IN7O. The molecule has 1 saturated carbocycles. The van der Waals surface area contributed by atoms with Gasteiger partial charge in [0.2, 0.25) is 5.91 Å². The molecular weight excluding hydrogens is 469 g/mol. The molecule has 0 bridgehead atoms. The third-order valence-corrected chi connectivity index (χ3v) is 5.60. The number of nitrogens with one attached hydrogen (secondary N) is 2. The lowest BCUT2D eigenvalue weighted by molar-refractivity contribution is -0.127. The number of nitrogens with zero attached hydrogens (tertiary/aromatic N) is 5. The molecule has 0 radical (unpaired) electrons. The zero-order valence-corrected chi connectivity index (χ0v) is 19.8.